The minimum atomic E-state index is -0.790. The number of carbonyl (C=O) groups is 1. The number of hydrogen-bond donors (Lipinski definition) is 2. The van der Waals surface area contributed by atoms with Gasteiger partial charge in [-0.25, -0.2) is 0 Å². The summed E-state index contributed by atoms with van der Waals surface area (Å²) in [4.78, 5) is 11.3. The van der Waals surface area contributed by atoms with Crippen LogP contribution in [-0.2, 0) is 9.53 Å². The Morgan fingerprint density at radius 2 is 2.50 bits per heavy atom. The first-order valence-corrected chi connectivity index (χ1v) is 5.21. The molecular formula is C11H17NO4. The van der Waals surface area contributed by atoms with Gasteiger partial charge in [-0.05, 0) is 18.6 Å². The van der Waals surface area contributed by atoms with E-state index in [-0.39, 0.29) is 12.5 Å². The van der Waals surface area contributed by atoms with Gasteiger partial charge >= 0.3 is 0 Å². The number of nitrogens with one attached hydrogen (secondary N) is 1. The van der Waals surface area contributed by atoms with Crippen molar-refractivity contribution in [1.29, 1.82) is 0 Å². The third-order valence-corrected chi connectivity index (χ3v) is 2.12. The summed E-state index contributed by atoms with van der Waals surface area (Å²) in [7, 11) is 1.60. The first kappa shape index (κ1) is 12.7. The van der Waals surface area contributed by atoms with Crippen LogP contribution < -0.4 is 5.32 Å². The number of ether oxygens (including phenoxy) is 1. The van der Waals surface area contributed by atoms with E-state index in [9.17, 15) is 9.90 Å². The lowest BCUT2D eigenvalue weighted by Gasteiger charge is -2.09. The predicted molar refractivity (Wildman–Crippen MR) is 57.8 cm³/mol. The zero-order valence-electron chi connectivity index (χ0n) is 9.31. The number of methoxy groups -OCH3 is 1. The molecular weight excluding hydrogens is 210 g/mol. The van der Waals surface area contributed by atoms with Crippen molar-refractivity contribution in [2.45, 2.75) is 18.9 Å². The van der Waals surface area contributed by atoms with E-state index in [2.05, 4.69) is 5.32 Å². The number of aliphatic hydroxyl groups is 1. The average molecular weight is 227 g/mol. The number of aliphatic hydroxyl groups excluding tert-OH is 1. The van der Waals surface area contributed by atoms with Gasteiger partial charge in [-0.15, -0.1) is 0 Å². The van der Waals surface area contributed by atoms with Crippen LogP contribution >= 0.6 is 0 Å². The third kappa shape index (κ3) is 4.46. The monoisotopic (exact) mass is 227 g/mol. The quantitative estimate of drug-likeness (QED) is 0.677. The van der Waals surface area contributed by atoms with Gasteiger partial charge in [-0.3, -0.25) is 4.79 Å². The van der Waals surface area contributed by atoms with E-state index in [4.69, 9.17) is 9.15 Å². The lowest BCUT2D eigenvalue weighted by Crippen LogP contribution is -2.28. The summed E-state index contributed by atoms with van der Waals surface area (Å²) in [6, 6.07) is 3.36. The highest BCUT2D eigenvalue weighted by Crippen LogP contribution is 2.11. The van der Waals surface area contributed by atoms with Crippen LogP contribution in [0.25, 0.3) is 0 Å². The number of furan rings is 1. The molecule has 0 aliphatic rings. The van der Waals surface area contributed by atoms with Gasteiger partial charge in [0.1, 0.15) is 11.9 Å². The van der Waals surface area contributed by atoms with Crippen LogP contribution in [0.1, 0.15) is 24.7 Å². The van der Waals surface area contributed by atoms with Crippen molar-refractivity contribution in [3.63, 3.8) is 0 Å². The molecule has 1 aromatic rings. The Balaban J connectivity index is 2.16. The Morgan fingerprint density at radius 1 is 1.69 bits per heavy atom. The number of rotatable bonds is 7. The maximum absolute atomic E-state index is 11.3. The standard InChI is InChI=1S/C11H17NO4/c1-15-6-3-5-11(14)12-8-9(13)10-4-2-7-16-10/h2,4,7,9,13H,3,5-6,8H2,1H3,(H,12,14). The van der Waals surface area contributed by atoms with Gasteiger partial charge < -0.3 is 19.6 Å². The summed E-state index contributed by atoms with van der Waals surface area (Å²) in [6.07, 6.45) is 1.78. The molecule has 2 N–H and O–H groups in total. The SMILES string of the molecule is COCCCC(=O)NCC(O)c1ccco1. The van der Waals surface area contributed by atoms with Crippen LogP contribution in [0.15, 0.2) is 22.8 Å². The Bertz CT molecular complexity index is 297. The Kier molecular flexibility index (Phi) is 5.60. The molecule has 0 saturated heterocycles. The number of carbonyl (C=O) groups excluding carboxylic acids is 1. The Hall–Kier alpha value is -1.33. The zero-order valence-corrected chi connectivity index (χ0v) is 9.31. The van der Waals surface area contributed by atoms with Crippen LogP contribution in [0.4, 0.5) is 0 Å². The Morgan fingerprint density at radius 3 is 3.12 bits per heavy atom. The molecule has 5 heteroatoms. The second-order valence-corrected chi connectivity index (χ2v) is 3.43. The molecule has 0 fully saturated rings. The van der Waals surface area contributed by atoms with Crippen molar-refractivity contribution >= 4 is 5.91 Å². The van der Waals surface area contributed by atoms with Crippen LogP contribution in [-0.4, -0.2) is 31.3 Å². The second-order valence-electron chi connectivity index (χ2n) is 3.43. The van der Waals surface area contributed by atoms with E-state index in [1.165, 1.54) is 6.26 Å². The molecule has 0 aliphatic carbocycles. The highest BCUT2D eigenvalue weighted by Gasteiger charge is 2.11. The lowest BCUT2D eigenvalue weighted by atomic mass is 10.2. The minimum Gasteiger partial charge on any atom is -0.467 e. The molecule has 1 aromatic heterocycles. The van der Waals surface area contributed by atoms with Gasteiger partial charge in [-0.2, -0.15) is 0 Å². The van der Waals surface area contributed by atoms with E-state index < -0.39 is 6.10 Å². The smallest absolute Gasteiger partial charge is 0.220 e. The molecule has 0 saturated carbocycles. The van der Waals surface area contributed by atoms with Crippen LogP contribution in [0.3, 0.4) is 0 Å². The fourth-order valence-corrected chi connectivity index (χ4v) is 1.26. The minimum absolute atomic E-state index is 0.0948. The van der Waals surface area contributed by atoms with Gasteiger partial charge in [0.25, 0.3) is 0 Å². The van der Waals surface area contributed by atoms with Crippen LogP contribution in [0.2, 0.25) is 0 Å². The summed E-state index contributed by atoms with van der Waals surface area (Å²) in [5.41, 5.74) is 0. The van der Waals surface area contributed by atoms with Gasteiger partial charge in [0.15, 0.2) is 0 Å². The van der Waals surface area contributed by atoms with Crippen molar-refractivity contribution in [3.05, 3.63) is 24.2 Å². The van der Waals surface area contributed by atoms with Crippen molar-refractivity contribution < 1.29 is 19.1 Å². The van der Waals surface area contributed by atoms with E-state index in [0.717, 1.165) is 0 Å². The number of amides is 1. The molecule has 1 amide bonds. The average Bonchev–Trinajstić information content (AvgIpc) is 2.79. The molecule has 0 radical (unpaired) electrons. The summed E-state index contributed by atoms with van der Waals surface area (Å²) < 4.78 is 9.84. The molecule has 1 unspecified atom stereocenters. The van der Waals surface area contributed by atoms with Crippen molar-refractivity contribution in [2.75, 3.05) is 20.3 Å². The second kappa shape index (κ2) is 7.03. The molecule has 0 aromatic carbocycles. The molecule has 16 heavy (non-hydrogen) atoms. The van der Waals surface area contributed by atoms with Gasteiger partial charge in [-0.1, -0.05) is 0 Å². The van der Waals surface area contributed by atoms with E-state index in [1.807, 2.05) is 0 Å². The van der Waals surface area contributed by atoms with Crippen molar-refractivity contribution in [1.82, 2.24) is 5.32 Å². The predicted octanol–water partition coefficient (Wildman–Crippen LogP) is 0.856. The molecule has 0 bridgehead atoms. The van der Waals surface area contributed by atoms with E-state index in [1.54, 1.807) is 19.2 Å². The van der Waals surface area contributed by atoms with Crippen molar-refractivity contribution in [2.24, 2.45) is 0 Å². The molecule has 1 rings (SSSR count). The summed E-state index contributed by atoms with van der Waals surface area (Å²) in [5.74, 6) is 0.361. The summed E-state index contributed by atoms with van der Waals surface area (Å²) in [5, 5.41) is 12.2. The molecule has 1 heterocycles. The third-order valence-electron chi connectivity index (χ3n) is 2.12. The maximum atomic E-state index is 11.3. The largest absolute Gasteiger partial charge is 0.467 e. The molecule has 1 atom stereocenters. The topological polar surface area (TPSA) is 71.7 Å². The van der Waals surface area contributed by atoms with Gasteiger partial charge in [0.2, 0.25) is 5.91 Å². The lowest BCUT2D eigenvalue weighted by molar-refractivity contribution is -0.121. The van der Waals surface area contributed by atoms with E-state index in [0.29, 0.717) is 25.2 Å². The van der Waals surface area contributed by atoms with Crippen LogP contribution in [0.5, 0.6) is 0 Å². The summed E-state index contributed by atoms with van der Waals surface area (Å²) >= 11 is 0. The summed E-state index contributed by atoms with van der Waals surface area (Å²) in [6.45, 7) is 0.730. The molecule has 5 nitrogen and oxygen atoms in total. The van der Waals surface area contributed by atoms with Gasteiger partial charge in [0.05, 0.1) is 12.8 Å². The van der Waals surface area contributed by atoms with Crippen LogP contribution in [0, 0.1) is 0 Å². The van der Waals surface area contributed by atoms with E-state index >= 15 is 0 Å². The maximum Gasteiger partial charge on any atom is 0.220 e. The zero-order chi connectivity index (χ0) is 11.8. The normalized spacial score (nSPS) is 12.4. The fourth-order valence-electron chi connectivity index (χ4n) is 1.26. The molecule has 0 spiro atoms. The molecule has 90 valence electrons. The van der Waals surface area contributed by atoms with Crippen molar-refractivity contribution in [3.8, 4) is 0 Å². The number of hydrogen-bond acceptors (Lipinski definition) is 4. The first-order chi connectivity index (χ1) is 7.74. The fraction of sp³-hybridized carbons (Fsp3) is 0.545. The molecule has 0 aliphatic heterocycles. The highest BCUT2D eigenvalue weighted by molar-refractivity contribution is 5.75. The highest BCUT2D eigenvalue weighted by atomic mass is 16.5. The van der Waals surface area contributed by atoms with Gasteiger partial charge in [0, 0.05) is 20.1 Å². The first-order valence-electron chi connectivity index (χ1n) is 5.21. The Labute approximate surface area is 94.4 Å².